The van der Waals surface area contributed by atoms with E-state index in [1.165, 1.54) is 0 Å². The first-order chi connectivity index (χ1) is 17.8. The fourth-order valence-corrected chi connectivity index (χ4v) is 4.95. The number of nitrogens with zero attached hydrogens (tertiary/aromatic N) is 5. The van der Waals surface area contributed by atoms with Crippen molar-refractivity contribution in [2.24, 2.45) is 5.41 Å². The SMILES string of the molecule is CCOC(=O)N1CC2(C1)CN(c1ccc(C(=N)c3cc(OCc4c(C)cnnc4C)ccc3N)cn1)C2. The van der Waals surface area contributed by atoms with Gasteiger partial charge in [-0.3, -0.25) is 5.41 Å². The number of rotatable bonds is 7. The molecule has 0 aliphatic carbocycles. The third-order valence-electron chi connectivity index (χ3n) is 7.04. The van der Waals surface area contributed by atoms with Crippen LogP contribution in [0.5, 0.6) is 5.75 Å². The molecule has 0 radical (unpaired) electrons. The fourth-order valence-electron chi connectivity index (χ4n) is 4.95. The molecule has 5 rings (SSSR count). The number of nitrogen functional groups attached to an aromatic ring is 1. The topological polar surface area (TPSA) is 131 Å². The van der Waals surface area contributed by atoms with Gasteiger partial charge in [-0.25, -0.2) is 9.78 Å². The van der Waals surface area contributed by atoms with Gasteiger partial charge in [0.05, 0.1) is 24.2 Å². The van der Waals surface area contributed by atoms with Crippen molar-refractivity contribution in [3.05, 3.63) is 70.7 Å². The van der Waals surface area contributed by atoms with Crippen LogP contribution in [-0.4, -0.2) is 64.7 Å². The van der Waals surface area contributed by atoms with E-state index < -0.39 is 0 Å². The molecular formula is C27H31N7O3. The number of carbonyl (C=O) groups is 1. The Kier molecular flexibility index (Phi) is 6.41. The number of aromatic nitrogens is 3. The summed E-state index contributed by atoms with van der Waals surface area (Å²) in [5.74, 6) is 1.48. The van der Waals surface area contributed by atoms with Gasteiger partial charge >= 0.3 is 6.09 Å². The maximum atomic E-state index is 11.8. The number of hydrogen-bond acceptors (Lipinski definition) is 9. The highest BCUT2D eigenvalue weighted by Crippen LogP contribution is 2.41. The Labute approximate surface area is 215 Å². The van der Waals surface area contributed by atoms with Crippen LogP contribution < -0.4 is 15.4 Å². The van der Waals surface area contributed by atoms with E-state index in [2.05, 4.69) is 20.1 Å². The Morgan fingerprint density at radius 3 is 2.59 bits per heavy atom. The van der Waals surface area contributed by atoms with Crippen molar-refractivity contribution in [2.75, 3.05) is 43.4 Å². The van der Waals surface area contributed by atoms with E-state index in [1.54, 1.807) is 35.5 Å². The lowest BCUT2D eigenvalue weighted by molar-refractivity contribution is -0.0196. The van der Waals surface area contributed by atoms with Crippen molar-refractivity contribution in [1.82, 2.24) is 20.1 Å². The summed E-state index contributed by atoms with van der Waals surface area (Å²) >= 11 is 0. The number of carbonyl (C=O) groups excluding carboxylic acids is 1. The highest BCUT2D eigenvalue weighted by Gasteiger charge is 2.54. The van der Waals surface area contributed by atoms with Crippen LogP contribution in [0.4, 0.5) is 16.3 Å². The molecule has 0 atom stereocenters. The normalized spacial score (nSPS) is 15.6. The second-order valence-corrected chi connectivity index (χ2v) is 9.82. The molecule has 3 N–H and O–H groups in total. The molecule has 192 valence electrons. The summed E-state index contributed by atoms with van der Waals surface area (Å²) in [6.45, 7) is 9.60. The zero-order valence-corrected chi connectivity index (χ0v) is 21.3. The molecule has 1 spiro atoms. The van der Waals surface area contributed by atoms with Crippen molar-refractivity contribution in [3.8, 4) is 5.75 Å². The number of benzene rings is 1. The Balaban J connectivity index is 1.21. The molecule has 1 amide bonds. The van der Waals surface area contributed by atoms with Crippen LogP contribution in [0, 0.1) is 24.7 Å². The average molecular weight is 502 g/mol. The number of ether oxygens (including phenoxy) is 2. The quantitative estimate of drug-likeness (QED) is 0.372. The number of nitrogens with two attached hydrogens (primary N) is 1. The number of amides is 1. The molecule has 2 aromatic heterocycles. The summed E-state index contributed by atoms with van der Waals surface area (Å²) in [4.78, 5) is 20.4. The third kappa shape index (κ3) is 4.78. The first-order valence-electron chi connectivity index (χ1n) is 12.3. The number of nitrogens with one attached hydrogen (secondary N) is 1. The van der Waals surface area contributed by atoms with Crippen LogP contribution in [0.2, 0.25) is 0 Å². The molecule has 0 saturated carbocycles. The Hall–Kier alpha value is -4.21. The number of pyridine rings is 1. The van der Waals surface area contributed by atoms with Gasteiger partial charge < -0.3 is 25.0 Å². The summed E-state index contributed by atoms with van der Waals surface area (Å²) in [7, 11) is 0. The molecule has 0 unspecified atom stereocenters. The summed E-state index contributed by atoms with van der Waals surface area (Å²) < 4.78 is 11.1. The zero-order valence-electron chi connectivity index (χ0n) is 21.3. The molecular weight excluding hydrogens is 470 g/mol. The molecule has 10 nitrogen and oxygen atoms in total. The molecule has 10 heteroatoms. The van der Waals surface area contributed by atoms with E-state index in [4.69, 9.17) is 20.6 Å². The van der Waals surface area contributed by atoms with Gasteiger partial charge in [0.15, 0.2) is 0 Å². The molecule has 2 saturated heterocycles. The second-order valence-electron chi connectivity index (χ2n) is 9.82. The van der Waals surface area contributed by atoms with E-state index >= 15 is 0 Å². The molecule has 37 heavy (non-hydrogen) atoms. The van der Waals surface area contributed by atoms with Crippen LogP contribution >= 0.6 is 0 Å². The van der Waals surface area contributed by atoms with E-state index in [-0.39, 0.29) is 17.2 Å². The fraction of sp³-hybridized carbons (Fsp3) is 0.370. The van der Waals surface area contributed by atoms with Gasteiger partial charge in [0.1, 0.15) is 18.2 Å². The summed E-state index contributed by atoms with van der Waals surface area (Å²) in [5.41, 5.74) is 11.2. The molecule has 3 aromatic rings. The van der Waals surface area contributed by atoms with Crippen LogP contribution in [0.15, 0.2) is 42.7 Å². The van der Waals surface area contributed by atoms with Gasteiger partial charge in [-0.05, 0) is 56.7 Å². The minimum atomic E-state index is -0.235. The predicted molar refractivity (Wildman–Crippen MR) is 140 cm³/mol. The average Bonchev–Trinajstić information content (AvgIpc) is 2.83. The molecule has 2 aliphatic heterocycles. The van der Waals surface area contributed by atoms with Gasteiger partial charge in [0, 0.05) is 60.2 Å². The maximum absolute atomic E-state index is 11.8. The molecule has 1 aromatic carbocycles. The summed E-state index contributed by atoms with van der Waals surface area (Å²) in [6.07, 6.45) is 3.19. The van der Waals surface area contributed by atoms with Gasteiger partial charge in [-0.2, -0.15) is 10.2 Å². The van der Waals surface area contributed by atoms with Crippen molar-refractivity contribution >= 4 is 23.3 Å². The van der Waals surface area contributed by atoms with Crippen LogP contribution in [0.1, 0.15) is 34.9 Å². The van der Waals surface area contributed by atoms with Gasteiger partial charge in [0.25, 0.3) is 0 Å². The smallest absolute Gasteiger partial charge is 0.409 e. The Bertz CT molecular complexity index is 1310. The first-order valence-corrected chi connectivity index (χ1v) is 12.3. The summed E-state index contributed by atoms with van der Waals surface area (Å²) in [5, 5.41) is 16.8. The number of likely N-dealkylation sites (tertiary alicyclic amines) is 1. The van der Waals surface area contributed by atoms with Crippen molar-refractivity contribution < 1.29 is 14.3 Å². The monoisotopic (exact) mass is 501 g/mol. The maximum Gasteiger partial charge on any atom is 0.409 e. The van der Waals surface area contributed by atoms with E-state index in [0.29, 0.717) is 35.8 Å². The van der Waals surface area contributed by atoms with Crippen molar-refractivity contribution in [3.63, 3.8) is 0 Å². The van der Waals surface area contributed by atoms with Crippen LogP contribution in [-0.2, 0) is 11.3 Å². The Morgan fingerprint density at radius 1 is 1.14 bits per heavy atom. The van der Waals surface area contributed by atoms with Gasteiger partial charge in [-0.1, -0.05) is 0 Å². The Morgan fingerprint density at radius 2 is 1.92 bits per heavy atom. The van der Waals surface area contributed by atoms with E-state index in [9.17, 15) is 4.79 Å². The molecule has 0 bridgehead atoms. The largest absolute Gasteiger partial charge is 0.489 e. The molecule has 4 heterocycles. The lowest BCUT2D eigenvalue weighted by Gasteiger charge is -2.59. The predicted octanol–water partition coefficient (Wildman–Crippen LogP) is 3.34. The number of hydrogen-bond donors (Lipinski definition) is 2. The van der Waals surface area contributed by atoms with Gasteiger partial charge in [-0.15, -0.1) is 0 Å². The summed E-state index contributed by atoms with van der Waals surface area (Å²) in [6, 6.07) is 9.16. The number of anilines is 2. The van der Waals surface area contributed by atoms with Gasteiger partial charge in [0.2, 0.25) is 0 Å². The lowest BCUT2D eigenvalue weighted by atomic mass is 9.73. The first kappa shape index (κ1) is 24.5. The standard InChI is InChI=1S/C27H31N7O3/c1-4-36-26(35)34-15-27(16-34)13-33(14-27)24-8-5-19(11-30-24)25(29)21-9-20(6-7-23(21)28)37-12-22-17(2)10-31-32-18(22)3/h5-11,29H,4,12-16,28H2,1-3H3. The van der Waals surface area contributed by atoms with E-state index in [0.717, 1.165) is 48.8 Å². The molecule has 2 aliphatic rings. The minimum absolute atomic E-state index is 0.137. The van der Waals surface area contributed by atoms with Crippen molar-refractivity contribution in [1.29, 1.82) is 5.41 Å². The highest BCUT2D eigenvalue weighted by molar-refractivity contribution is 6.13. The second kappa shape index (κ2) is 9.68. The third-order valence-corrected chi connectivity index (χ3v) is 7.04. The minimum Gasteiger partial charge on any atom is -0.489 e. The lowest BCUT2D eigenvalue weighted by Crippen LogP contribution is -2.73. The van der Waals surface area contributed by atoms with E-state index in [1.807, 2.05) is 32.9 Å². The zero-order chi connectivity index (χ0) is 26.2. The van der Waals surface area contributed by atoms with Crippen molar-refractivity contribution in [2.45, 2.75) is 27.4 Å². The van der Waals surface area contributed by atoms with Crippen LogP contribution in [0.3, 0.4) is 0 Å². The molecule has 2 fully saturated rings. The highest BCUT2D eigenvalue weighted by atomic mass is 16.6. The van der Waals surface area contributed by atoms with Crippen LogP contribution in [0.25, 0.3) is 0 Å². The number of aryl methyl sites for hydroxylation is 2.